The van der Waals surface area contributed by atoms with Crippen molar-refractivity contribution in [2.24, 2.45) is 0 Å². The fourth-order valence-electron chi connectivity index (χ4n) is 1.11. The van der Waals surface area contributed by atoms with Crippen molar-refractivity contribution in [2.45, 2.75) is 19.8 Å². The number of aryl methyl sites for hydroxylation is 1. The van der Waals surface area contributed by atoms with Crippen LogP contribution in [0.25, 0.3) is 0 Å². The van der Waals surface area contributed by atoms with E-state index in [4.69, 9.17) is 0 Å². The molecule has 0 saturated heterocycles. The molecule has 0 spiro atoms. The van der Waals surface area contributed by atoms with Gasteiger partial charge in [0, 0.05) is 4.47 Å². The van der Waals surface area contributed by atoms with Crippen LogP contribution in [-0.4, -0.2) is 0 Å². The molecule has 1 aromatic rings. The Morgan fingerprint density at radius 3 is 2.75 bits per heavy atom. The van der Waals surface area contributed by atoms with Gasteiger partial charge in [0.05, 0.1) is 0 Å². The van der Waals surface area contributed by atoms with E-state index in [0.29, 0.717) is 0 Å². The lowest BCUT2D eigenvalue weighted by atomic mass is 10.1. The lowest BCUT2D eigenvalue weighted by Crippen LogP contribution is -1.83. The minimum Gasteiger partial charge on any atom is -0.0917 e. The Balaban J connectivity index is 2.57. The summed E-state index contributed by atoms with van der Waals surface area (Å²) in [7, 11) is 0. The van der Waals surface area contributed by atoms with Gasteiger partial charge in [-0.1, -0.05) is 46.3 Å². The highest BCUT2D eigenvalue weighted by Gasteiger charge is 1.95. The number of rotatable bonds is 3. The molecule has 0 aromatic heterocycles. The molecule has 0 aliphatic carbocycles. The van der Waals surface area contributed by atoms with Gasteiger partial charge in [0.15, 0.2) is 0 Å². The zero-order chi connectivity index (χ0) is 8.81. The molecule has 0 radical (unpaired) electrons. The van der Waals surface area contributed by atoms with Crippen molar-refractivity contribution in [3.05, 3.63) is 46.5 Å². The molecular weight excluding hydrogens is 212 g/mol. The Labute approximate surface area is 82.4 Å². The molecule has 0 aliphatic heterocycles. The van der Waals surface area contributed by atoms with Crippen LogP contribution in [0, 0.1) is 0 Å². The molecule has 0 unspecified atom stereocenters. The molecule has 0 heterocycles. The van der Waals surface area contributed by atoms with Gasteiger partial charge in [0.1, 0.15) is 0 Å². The van der Waals surface area contributed by atoms with Crippen LogP contribution in [0.1, 0.15) is 18.9 Å². The van der Waals surface area contributed by atoms with Crippen molar-refractivity contribution in [2.75, 3.05) is 0 Å². The van der Waals surface area contributed by atoms with Crippen LogP contribution in [-0.2, 0) is 6.42 Å². The maximum absolute atomic E-state index is 3.52. The molecule has 0 N–H and O–H groups in total. The van der Waals surface area contributed by atoms with Crippen molar-refractivity contribution in [3.63, 3.8) is 0 Å². The SMILES string of the molecule is C/C=C\CCc1ccccc1Br. The summed E-state index contributed by atoms with van der Waals surface area (Å²) in [5, 5.41) is 0. The van der Waals surface area contributed by atoms with Gasteiger partial charge in [-0.3, -0.25) is 0 Å². The van der Waals surface area contributed by atoms with Gasteiger partial charge in [-0.2, -0.15) is 0 Å². The average molecular weight is 225 g/mol. The van der Waals surface area contributed by atoms with Gasteiger partial charge < -0.3 is 0 Å². The summed E-state index contributed by atoms with van der Waals surface area (Å²) in [6.45, 7) is 2.06. The zero-order valence-electron chi connectivity index (χ0n) is 7.26. The van der Waals surface area contributed by atoms with Gasteiger partial charge in [0.2, 0.25) is 0 Å². The molecule has 1 aromatic carbocycles. The van der Waals surface area contributed by atoms with Gasteiger partial charge in [-0.25, -0.2) is 0 Å². The molecule has 1 heteroatoms. The first-order valence-electron chi connectivity index (χ1n) is 4.19. The summed E-state index contributed by atoms with van der Waals surface area (Å²) >= 11 is 3.52. The molecule has 1 rings (SSSR count). The Hall–Kier alpha value is -0.560. The van der Waals surface area contributed by atoms with Crippen molar-refractivity contribution in [1.29, 1.82) is 0 Å². The summed E-state index contributed by atoms with van der Waals surface area (Å²) in [5.41, 5.74) is 1.38. The number of halogens is 1. The summed E-state index contributed by atoms with van der Waals surface area (Å²) in [6, 6.07) is 8.37. The lowest BCUT2D eigenvalue weighted by Gasteiger charge is -2.00. The number of allylic oxidation sites excluding steroid dienone is 2. The third kappa shape index (κ3) is 2.82. The van der Waals surface area contributed by atoms with Crippen LogP contribution >= 0.6 is 15.9 Å². The van der Waals surface area contributed by atoms with E-state index in [1.807, 2.05) is 6.07 Å². The number of benzene rings is 1. The maximum Gasteiger partial charge on any atom is 0.0207 e. The van der Waals surface area contributed by atoms with E-state index >= 15 is 0 Å². The van der Waals surface area contributed by atoms with Gasteiger partial charge in [-0.05, 0) is 31.4 Å². The first-order chi connectivity index (χ1) is 5.84. The van der Waals surface area contributed by atoms with E-state index in [1.165, 1.54) is 10.0 Å². The number of hydrogen-bond acceptors (Lipinski definition) is 0. The number of hydrogen-bond donors (Lipinski definition) is 0. The van der Waals surface area contributed by atoms with Gasteiger partial charge in [-0.15, -0.1) is 0 Å². The van der Waals surface area contributed by atoms with Crippen LogP contribution in [0.15, 0.2) is 40.9 Å². The Kier molecular flexibility index (Phi) is 4.09. The molecule has 0 amide bonds. The van der Waals surface area contributed by atoms with Crippen molar-refractivity contribution < 1.29 is 0 Å². The van der Waals surface area contributed by atoms with Crippen LogP contribution in [0.3, 0.4) is 0 Å². The highest BCUT2D eigenvalue weighted by molar-refractivity contribution is 9.10. The fraction of sp³-hybridized carbons (Fsp3) is 0.273. The van der Waals surface area contributed by atoms with E-state index in [2.05, 4.69) is 53.2 Å². The van der Waals surface area contributed by atoms with Crippen LogP contribution in [0.2, 0.25) is 0 Å². The van der Waals surface area contributed by atoms with E-state index < -0.39 is 0 Å². The minimum absolute atomic E-state index is 1.12. The largest absolute Gasteiger partial charge is 0.0917 e. The third-order valence-electron chi connectivity index (χ3n) is 1.77. The fourth-order valence-corrected chi connectivity index (χ4v) is 1.59. The van der Waals surface area contributed by atoms with Crippen LogP contribution in [0.5, 0.6) is 0 Å². The maximum atomic E-state index is 3.52. The van der Waals surface area contributed by atoms with Gasteiger partial charge >= 0.3 is 0 Å². The highest BCUT2D eigenvalue weighted by atomic mass is 79.9. The second-order valence-electron chi connectivity index (χ2n) is 2.70. The predicted molar refractivity (Wildman–Crippen MR) is 57.3 cm³/mol. The summed E-state index contributed by atoms with van der Waals surface area (Å²) in [4.78, 5) is 0. The summed E-state index contributed by atoms with van der Waals surface area (Å²) in [6.07, 6.45) is 6.53. The zero-order valence-corrected chi connectivity index (χ0v) is 8.84. The standard InChI is InChI=1S/C11H13Br/c1-2-3-4-7-10-8-5-6-9-11(10)12/h2-3,5-6,8-9H,4,7H2,1H3/b3-2-. The third-order valence-corrected chi connectivity index (χ3v) is 2.55. The molecule has 12 heavy (non-hydrogen) atoms. The first kappa shape index (κ1) is 9.53. The highest BCUT2D eigenvalue weighted by Crippen LogP contribution is 2.17. The second kappa shape index (κ2) is 5.15. The lowest BCUT2D eigenvalue weighted by molar-refractivity contribution is 0.993. The average Bonchev–Trinajstić information content (AvgIpc) is 2.09. The topological polar surface area (TPSA) is 0 Å². The van der Waals surface area contributed by atoms with Crippen LogP contribution < -0.4 is 0 Å². The first-order valence-corrected chi connectivity index (χ1v) is 4.98. The van der Waals surface area contributed by atoms with E-state index in [-0.39, 0.29) is 0 Å². The molecule has 0 bridgehead atoms. The molecule has 0 fully saturated rings. The van der Waals surface area contributed by atoms with Crippen LogP contribution in [0.4, 0.5) is 0 Å². The summed E-state index contributed by atoms with van der Waals surface area (Å²) < 4.78 is 1.22. The second-order valence-corrected chi connectivity index (χ2v) is 3.55. The Bertz CT molecular complexity index is 263. The van der Waals surface area contributed by atoms with E-state index in [0.717, 1.165) is 12.8 Å². The minimum atomic E-state index is 1.12. The molecule has 0 atom stereocenters. The predicted octanol–water partition coefficient (Wildman–Crippen LogP) is 3.96. The molecule has 0 nitrogen and oxygen atoms in total. The van der Waals surface area contributed by atoms with Crippen molar-refractivity contribution in [1.82, 2.24) is 0 Å². The van der Waals surface area contributed by atoms with E-state index in [9.17, 15) is 0 Å². The smallest absolute Gasteiger partial charge is 0.0207 e. The Morgan fingerprint density at radius 1 is 1.33 bits per heavy atom. The molecule has 64 valence electrons. The quantitative estimate of drug-likeness (QED) is 0.683. The van der Waals surface area contributed by atoms with E-state index in [1.54, 1.807) is 0 Å². The van der Waals surface area contributed by atoms with Crippen molar-refractivity contribution in [3.8, 4) is 0 Å². The van der Waals surface area contributed by atoms with Gasteiger partial charge in [0.25, 0.3) is 0 Å². The normalized spacial score (nSPS) is 10.8. The van der Waals surface area contributed by atoms with Crippen molar-refractivity contribution >= 4 is 15.9 Å². The monoisotopic (exact) mass is 224 g/mol. The molecule has 0 saturated carbocycles. The molecule has 0 aliphatic rings. The molecular formula is C11H13Br. The summed E-state index contributed by atoms with van der Waals surface area (Å²) in [5.74, 6) is 0. The Morgan fingerprint density at radius 2 is 2.08 bits per heavy atom.